The van der Waals surface area contributed by atoms with Gasteiger partial charge in [-0.1, -0.05) is 11.6 Å². The van der Waals surface area contributed by atoms with Crippen molar-refractivity contribution in [3.63, 3.8) is 0 Å². The van der Waals surface area contributed by atoms with Crippen molar-refractivity contribution in [3.05, 3.63) is 76.8 Å². The zero-order valence-corrected chi connectivity index (χ0v) is 15.8. The number of hydrogen-bond acceptors (Lipinski definition) is 4. The van der Waals surface area contributed by atoms with Crippen molar-refractivity contribution < 1.29 is 17.6 Å². The summed E-state index contributed by atoms with van der Waals surface area (Å²) < 4.78 is 41.2. The summed E-state index contributed by atoms with van der Waals surface area (Å²) in [5.41, 5.74) is 1.68. The fourth-order valence-electron chi connectivity index (χ4n) is 2.51. The lowest BCUT2D eigenvalue weighted by molar-refractivity contribution is -0.118. The van der Waals surface area contributed by atoms with Gasteiger partial charge in [-0.2, -0.15) is 5.10 Å². The second-order valence-electron chi connectivity index (χ2n) is 5.82. The molecule has 3 rings (SSSR count). The molecule has 0 radical (unpaired) electrons. The lowest BCUT2D eigenvalue weighted by atomic mass is 10.2. The number of halogens is 2. The number of carbonyl (C=O) groups is 1. The minimum atomic E-state index is -4.01. The first kappa shape index (κ1) is 19.1. The maximum atomic E-state index is 13.1. The van der Waals surface area contributed by atoms with E-state index in [0.717, 1.165) is 0 Å². The molecule has 1 amide bonds. The van der Waals surface area contributed by atoms with Gasteiger partial charge < -0.3 is 0 Å². The van der Waals surface area contributed by atoms with Crippen molar-refractivity contribution >= 4 is 27.5 Å². The topological polar surface area (TPSA) is 81.1 Å². The standard InChI is InChI=1S/C18H15ClFN3O3S/c1-12-10-16(23(21-12)15-6-4-14(20)5-7-15)11-18(24)22-27(25,26)17-8-2-13(19)3-9-17/h2-10H,11H2,1H3,(H,22,24). The third kappa shape index (κ3) is 4.53. The van der Waals surface area contributed by atoms with E-state index < -0.39 is 21.7 Å². The average Bonchev–Trinajstić information content (AvgIpc) is 2.95. The molecule has 6 nitrogen and oxygen atoms in total. The van der Waals surface area contributed by atoms with Gasteiger partial charge in [0.25, 0.3) is 10.0 Å². The Kier molecular flexibility index (Phi) is 5.29. The summed E-state index contributed by atoms with van der Waals surface area (Å²) in [6.07, 6.45) is -0.217. The molecule has 9 heteroatoms. The van der Waals surface area contributed by atoms with E-state index in [-0.39, 0.29) is 11.3 Å². The van der Waals surface area contributed by atoms with Crippen LogP contribution in [0.3, 0.4) is 0 Å². The summed E-state index contributed by atoms with van der Waals surface area (Å²) in [5, 5.41) is 4.67. The number of benzene rings is 2. The van der Waals surface area contributed by atoms with Gasteiger partial charge in [0.15, 0.2) is 0 Å². The highest BCUT2D eigenvalue weighted by Gasteiger charge is 2.19. The van der Waals surface area contributed by atoms with Crippen LogP contribution in [0.5, 0.6) is 0 Å². The number of nitrogens with zero attached hydrogens (tertiary/aromatic N) is 2. The highest BCUT2D eigenvalue weighted by atomic mass is 35.5. The van der Waals surface area contributed by atoms with Gasteiger partial charge in [-0.25, -0.2) is 22.2 Å². The van der Waals surface area contributed by atoms with Crippen molar-refractivity contribution in [1.29, 1.82) is 0 Å². The van der Waals surface area contributed by atoms with Gasteiger partial charge in [-0.05, 0) is 61.5 Å². The molecule has 0 fully saturated rings. The number of aromatic nitrogens is 2. The lowest BCUT2D eigenvalue weighted by Crippen LogP contribution is -2.32. The maximum Gasteiger partial charge on any atom is 0.264 e. The molecule has 0 unspecified atom stereocenters. The van der Waals surface area contributed by atoms with Gasteiger partial charge in [-0.3, -0.25) is 4.79 Å². The number of aryl methyl sites for hydroxylation is 1. The van der Waals surface area contributed by atoms with Gasteiger partial charge >= 0.3 is 0 Å². The van der Waals surface area contributed by atoms with Gasteiger partial charge in [-0.15, -0.1) is 0 Å². The van der Waals surface area contributed by atoms with E-state index in [0.29, 0.717) is 22.1 Å². The predicted molar refractivity (Wildman–Crippen MR) is 98.7 cm³/mol. The summed E-state index contributed by atoms with van der Waals surface area (Å²) in [6.45, 7) is 1.74. The minimum Gasteiger partial charge on any atom is -0.274 e. The van der Waals surface area contributed by atoms with Crippen LogP contribution in [0.2, 0.25) is 5.02 Å². The van der Waals surface area contributed by atoms with E-state index >= 15 is 0 Å². The summed E-state index contributed by atoms with van der Waals surface area (Å²) >= 11 is 5.75. The first-order chi connectivity index (χ1) is 12.7. The lowest BCUT2D eigenvalue weighted by Gasteiger charge is -2.09. The van der Waals surface area contributed by atoms with E-state index in [2.05, 4.69) is 5.10 Å². The highest BCUT2D eigenvalue weighted by Crippen LogP contribution is 2.16. The number of carbonyl (C=O) groups excluding carboxylic acids is 1. The summed E-state index contributed by atoms with van der Waals surface area (Å²) in [4.78, 5) is 12.2. The molecule has 27 heavy (non-hydrogen) atoms. The van der Waals surface area contributed by atoms with Gasteiger partial charge in [0.1, 0.15) is 5.82 Å². The molecule has 0 aliphatic heterocycles. The minimum absolute atomic E-state index is 0.0662. The van der Waals surface area contributed by atoms with Crippen LogP contribution in [0.15, 0.2) is 59.5 Å². The Balaban J connectivity index is 1.80. The predicted octanol–water partition coefficient (Wildman–Crippen LogP) is 3.02. The van der Waals surface area contributed by atoms with Crippen LogP contribution in [0.1, 0.15) is 11.4 Å². The molecule has 1 heterocycles. The van der Waals surface area contributed by atoms with Gasteiger partial charge in [0, 0.05) is 5.02 Å². The number of rotatable bonds is 5. The largest absolute Gasteiger partial charge is 0.274 e. The molecular formula is C18H15ClFN3O3S. The average molecular weight is 408 g/mol. The van der Waals surface area contributed by atoms with E-state index in [1.54, 1.807) is 13.0 Å². The molecule has 0 aliphatic carbocycles. The van der Waals surface area contributed by atoms with Crippen molar-refractivity contribution in [2.75, 3.05) is 0 Å². The smallest absolute Gasteiger partial charge is 0.264 e. The zero-order valence-electron chi connectivity index (χ0n) is 14.2. The zero-order chi connectivity index (χ0) is 19.6. The number of amides is 1. The molecule has 1 aromatic heterocycles. The molecule has 0 saturated heterocycles. The van der Waals surface area contributed by atoms with E-state index in [1.807, 2.05) is 4.72 Å². The Morgan fingerprint density at radius 2 is 1.78 bits per heavy atom. The number of hydrogen-bond donors (Lipinski definition) is 1. The first-order valence-corrected chi connectivity index (χ1v) is 9.73. The Labute approximate surface area is 160 Å². The molecule has 0 saturated carbocycles. The Hall–Kier alpha value is -2.71. The van der Waals surface area contributed by atoms with Crippen molar-refractivity contribution in [3.8, 4) is 5.69 Å². The van der Waals surface area contributed by atoms with Crippen LogP contribution < -0.4 is 4.72 Å². The molecule has 140 valence electrons. The fraction of sp³-hybridized carbons (Fsp3) is 0.111. The van der Waals surface area contributed by atoms with Crippen molar-refractivity contribution in [2.45, 2.75) is 18.2 Å². The molecular weight excluding hydrogens is 393 g/mol. The summed E-state index contributed by atoms with van der Waals surface area (Å²) in [6, 6.07) is 12.7. The molecule has 1 N–H and O–H groups in total. The Morgan fingerprint density at radius 3 is 2.41 bits per heavy atom. The van der Waals surface area contributed by atoms with Gasteiger partial charge in [0.05, 0.1) is 28.4 Å². The second-order valence-corrected chi connectivity index (χ2v) is 7.94. The summed E-state index contributed by atoms with van der Waals surface area (Å²) in [5.74, 6) is -1.11. The van der Waals surface area contributed by atoms with Crippen LogP contribution in [0, 0.1) is 12.7 Å². The van der Waals surface area contributed by atoms with Crippen molar-refractivity contribution in [1.82, 2.24) is 14.5 Å². The third-order valence-corrected chi connectivity index (χ3v) is 5.33. The third-order valence-electron chi connectivity index (χ3n) is 3.69. The van der Waals surface area contributed by atoms with Gasteiger partial charge in [0.2, 0.25) is 5.91 Å². The molecule has 0 aliphatic rings. The molecule has 3 aromatic rings. The van der Waals surface area contributed by atoms with Crippen LogP contribution >= 0.6 is 11.6 Å². The van der Waals surface area contributed by atoms with Crippen LogP contribution in [-0.2, 0) is 21.2 Å². The highest BCUT2D eigenvalue weighted by molar-refractivity contribution is 7.90. The summed E-state index contributed by atoms with van der Waals surface area (Å²) in [7, 11) is -4.01. The fourth-order valence-corrected chi connectivity index (χ4v) is 3.62. The van der Waals surface area contributed by atoms with Crippen LogP contribution in [-0.4, -0.2) is 24.1 Å². The van der Waals surface area contributed by atoms with Crippen molar-refractivity contribution in [2.24, 2.45) is 0 Å². The maximum absolute atomic E-state index is 13.1. The Morgan fingerprint density at radius 1 is 1.15 bits per heavy atom. The second kappa shape index (κ2) is 7.50. The normalized spacial score (nSPS) is 11.4. The number of nitrogens with one attached hydrogen (secondary N) is 1. The molecule has 0 bridgehead atoms. The Bertz CT molecular complexity index is 1080. The van der Waals surface area contributed by atoms with E-state index in [1.165, 1.54) is 53.2 Å². The van der Waals surface area contributed by atoms with Crippen LogP contribution in [0.25, 0.3) is 5.69 Å². The molecule has 2 aromatic carbocycles. The first-order valence-electron chi connectivity index (χ1n) is 7.87. The van der Waals surface area contributed by atoms with E-state index in [4.69, 9.17) is 11.6 Å². The number of sulfonamides is 1. The van der Waals surface area contributed by atoms with Crippen LogP contribution in [0.4, 0.5) is 4.39 Å². The van der Waals surface area contributed by atoms with E-state index in [9.17, 15) is 17.6 Å². The quantitative estimate of drug-likeness (QED) is 0.705. The molecule has 0 atom stereocenters. The molecule has 0 spiro atoms. The SMILES string of the molecule is Cc1cc(CC(=O)NS(=O)(=O)c2ccc(Cl)cc2)n(-c2ccc(F)cc2)n1. The monoisotopic (exact) mass is 407 g/mol.